The molecule has 0 saturated carbocycles. The van der Waals surface area contributed by atoms with Gasteiger partial charge in [-0.1, -0.05) is 0 Å². The second kappa shape index (κ2) is 7.78. The first kappa shape index (κ1) is 19.1. The molecule has 3 unspecified atom stereocenters. The van der Waals surface area contributed by atoms with Gasteiger partial charge in [-0.2, -0.15) is 0 Å². The second-order valence-corrected chi connectivity index (χ2v) is 9.80. The summed E-state index contributed by atoms with van der Waals surface area (Å²) in [5.74, 6) is -2.79. The fraction of sp³-hybridized carbons (Fsp3) is 0.636. The molecule has 0 bridgehead atoms. The van der Waals surface area contributed by atoms with Crippen LogP contribution in [-0.2, 0) is 14.0 Å². The third-order valence-corrected chi connectivity index (χ3v) is 3.09. The number of rotatable bonds is 9. The molecule has 5 nitrogen and oxygen atoms in total. The summed E-state index contributed by atoms with van der Waals surface area (Å²) in [6, 6.07) is 0. The molecule has 0 aromatic carbocycles. The van der Waals surface area contributed by atoms with E-state index in [2.05, 4.69) is 12.5 Å². The van der Waals surface area contributed by atoms with Gasteiger partial charge < -0.3 is 0 Å². The van der Waals surface area contributed by atoms with Gasteiger partial charge in [-0.25, -0.2) is 0 Å². The summed E-state index contributed by atoms with van der Waals surface area (Å²) in [4.78, 5) is 18.6. The number of hydrogen-bond acceptors (Lipinski definition) is 5. The molecule has 0 spiro atoms. The van der Waals surface area contributed by atoms with Crippen LogP contribution in [0.25, 0.3) is 0 Å². The van der Waals surface area contributed by atoms with E-state index in [-0.39, 0.29) is 19.3 Å². The zero-order chi connectivity index (χ0) is 15.1. The Morgan fingerprint density at radius 1 is 1.32 bits per heavy atom. The Hall–Kier alpha value is 0.110. The molecular formula is C11H19Cl2O5P. The molecule has 19 heavy (non-hydrogen) atoms. The van der Waals surface area contributed by atoms with Gasteiger partial charge in [0, 0.05) is 0 Å². The van der Waals surface area contributed by atoms with Crippen molar-refractivity contribution in [3.05, 3.63) is 12.7 Å². The average molecular weight is 333 g/mol. The fourth-order valence-corrected chi connectivity index (χ4v) is 2.27. The summed E-state index contributed by atoms with van der Waals surface area (Å²) in [5, 5.41) is 0. The molecule has 0 aliphatic heterocycles. The van der Waals surface area contributed by atoms with Gasteiger partial charge in [-0.3, -0.25) is 0 Å². The maximum atomic E-state index is 9.32. The zero-order valence-corrected chi connectivity index (χ0v) is 13.2. The monoisotopic (exact) mass is 332 g/mol. The molecule has 0 aromatic heterocycles. The Morgan fingerprint density at radius 2 is 1.84 bits per heavy atom. The predicted molar refractivity (Wildman–Crippen MR) is 77.8 cm³/mol. The van der Waals surface area contributed by atoms with Crippen molar-refractivity contribution >= 4 is 28.5 Å². The number of terminal acetylenes is 1. The van der Waals surface area contributed by atoms with Crippen molar-refractivity contribution in [1.29, 1.82) is 0 Å². The van der Waals surface area contributed by atoms with E-state index < -0.39 is 18.2 Å². The van der Waals surface area contributed by atoms with Crippen molar-refractivity contribution in [3.63, 3.8) is 0 Å². The quantitative estimate of drug-likeness (QED) is 0.386. The molecule has 3 atom stereocenters. The molecule has 0 aliphatic carbocycles. The summed E-state index contributed by atoms with van der Waals surface area (Å²) in [6.45, 7) is 6.90. The van der Waals surface area contributed by atoms with Crippen LogP contribution in [0.15, 0.2) is 12.7 Å². The van der Waals surface area contributed by atoms with Gasteiger partial charge in [-0.05, 0) is 0 Å². The van der Waals surface area contributed by atoms with Crippen LogP contribution < -0.4 is 0 Å². The van der Waals surface area contributed by atoms with E-state index in [9.17, 15) is 9.79 Å². The molecule has 8 heteroatoms. The van der Waals surface area contributed by atoms with Gasteiger partial charge in [0.15, 0.2) is 0 Å². The summed E-state index contributed by atoms with van der Waals surface area (Å²) in [6.07, 6.45) is 5.14. The van der Waals surface area contributed by atoms with Gasteiger partial charge in [-0.15, -0.1) is 0 Å². The number of hydrogen-bond donors (Lipinski definition) is 2. The van der Waals surface area contributed by atoms with E-state index in [1.807, 2.05) is 0 Å². The van der Waals surface area contributed by atoms with Gasteiger partial charge in [0.2, 0.25) is 0 Å². The van der Waals surface area contributed by atoms with Crippen molar-refractivity contribution in [2.75, 3.05) is 13.2 Å². The Labute approximate surface area is 123 Å². The van der Waals surface area contributed by atoms with Gasteiger partial charge in [0.05, 0.1) is 0 Å². The zero-order valence-electron chi connectivity index (χ0n) is 10.8. The van der Waals surface area contributed by atoms with Crippen LogP contribution in [-0.4, -0.2) is 41.3 Å². The van der Waals surface area contributed by atoms with E-state index in [1.165, 1.54) is 0 Å². The van der Waals surface area contributed by atoms with Gasteiger partial charge in [0.25, 0.3) is 0 Å². The maximum absolute atomic E-state index is 9.32. The molecule has 2 N–H and O–H groups in total. The first-order chi connectivity index (χ1) is 8.53. The summed E-state index contributed by atoms with van der Waals surface area (Å²) < 4.78 is 15.4. The van der Waals surface area contributed by atoms with Crippen molar-refractivity contribution in [1.82, 2.24) is 0 Å². The molecular weight excluding hydrogens is 314 g/mol. The van der Waals surface area contributed by atoms with Crippen molar-refractivity contribution in [2.24, 2.45) is 0 Å². The van der Waals surface area contributed by atoms with Crippen LogP contribution >= 0.6 is 28.5 Å². The molecule has 0 fully saturated rings. The van der Waals surface area contributed by atoms with E-state index in [0.717, 1.165) is 0 Å². The minimum absolute atomic E-state index is 0.0110. The van der Waals surface area contributed by atoms with Crippen LogP contribution in [0.4, 0.5) is 0 Å². The van der Waals surface area contributed by atoms with Gasteiger partial charge >= 0.3 is 123 Å². The molecule has 0 aliphatic rings. The SMILES string of the molecule is C#CC(C)OCC(COC(C)C=C)OP(O)(O)(Cl)Cl. The molecule has 0 aromatic rings. The van der Waals surface area contributed by atoms with Crippen molar-refractivity contribution < 1.29 is 23.8 Å². The van der Waals surface area contributed by atoms with Crippen LogP contribution in [0.2, 0.25) is 0 Å². The molecule has 0 saturated heterocycles. The van der Waals surface area contributed by atoms with E-state index in [1.54, 1.807) is 19.9 Å². The van der Waals surface area contributed by atoms with Crippen LogP contribution in [0.3, 0.4) is 0 Å². The van der Waals surface area contributed by atoms with Crippen LogP contribution in [0.5, 0.6) is 0 Å². The summed E-state index contributed by atoms with van der Waals surface area (Å²) in [5.41, 5.74) is 0. The van der Waals surface area contributed by atoms with E-state index >= 15 is 0 Å². The second-order valence-electron chi connectivity index (χ2n) is 3.90. The normalized spacial score (nSPS) is 18.7. The molecule has 0 amide bonds. The molecule has 0 heterocycles. The molecule has 0 radical (unpaired) electrons. The Morgan fingerprint density at radius 3 is 2.26 bits per heavy atom. The van der Waals surface area contributed by atoms with E-state index in [4.69, 9.17) is 42.9 Å². The fourth-order valence-electron chi connectivity index (χ4n) is 0.982. The van der Waals surface area contributed by atoms with Crippen molar-refractivity contribution in [3.8, 4) is 12.3 Å². The Bertz CT molecular complexity index is 327. The molecule has 112 valence electrons. The van der Waals surface area contributed by atoms with E-state index in [0.29, 0.717) is 0 Å². The Balaban J connectivity index is 4.48. The molecule has 0 rings (SSSR count). The predicted octanol–water partition coefficient (Wildman–Crippen LogP) is 2.59. The standard InChI is InChI=1S/C11H19Cl2O5P/c1-5-9(3)16-7-11(8-17-10(4)6-2)18-19(12,13,14)15/h1,6,9-11,14-15H,2,7-8H2,3-4H3. The van der Waals surface area contributed by atoms with Crippen LogP contribution in [0.1, 0.15) is 13.8 Å². The van der Waals surface area contributed by atoms with Crippen LogP contribution in [0, 0.1) is 12.3 Å². The number of halogens is 2. The summed E-state index contributed by atoms with van der Waals surface area (Å²) in [7, 11) is 0. The Kier molecular flexibility index (Phi) is 7.82. The number of ether oxygens (including phenoxy) is 2. The third kappa shape index (κ3) is 11.6. The third-order valence-electron chi connectivity index (χ3n) is 1.97. The average Bonchev–Trinajstić information content (AvgIpc) is 2.29. The first-order valence-electron chi connectivity index (χ1n) is 5.50. The minimum atomic E-state index is -5.14. The topological polar surface area (TPSA) is 68.2 Å². The van der Waals surface area contributed by atoms with Crippen molar-refractivity contribution in [2.45, 2.75) is 32.2 Å². The van der Waals surface area contributed by atoms with Gasteiger partial charge in [0.1, 0.15) is 0 Å². The first-order valence-corrected chi connectivity index (χ1v) is 9.36. The summed E-state index contributed by atoms with van der Waals surface area (Å²) >= 11 is 10.6.